The highest BCUT2D eigenvalue weighted by molar-refractivity contribution is 6.51. The van der Waals surface area contributed by atoms with Crippen molar-refractivity contribution in [3.63, 3.8) is 0 Å². The first-order chi connectivity index (χ1) is 15.4. The normalized spacial score (nSPS) is 17.6. The van der Waals surface area contributed by atoms with E-state index in [-0.39, 0.29) is 22.8 Å². The van der Waals surface area contributed by atoms with Crippen LogP contribution in [0.2, 0.25) is 0 Å². The Labute approximate surface area is 183 Å². The monoisotopic (exact) mass is 433 g/mol. The minimum atomic E-state index is -1.02. The lowest BCUT2D eigenvalue weighted by Crippen LogP contribution is -2.29. The molecule has 3 aromatic carbocycles. The van der Waals surface area contributed by atoms with Gasteiger partial charge < -0.3 is 14.9 Å². The molecule has 7 heteroatoms. The molecule has 1 aliphatic rings. The molecular formula is C25H20FNO5. The van der Waals surface area contributed by atoms with Crippen molar-refractivity contribution in [3.05, 3.63) is 95.3 Å². The van der Waals surface area contributed by atoms with Crippen LogP contribution >= 0.6 is 0 Å². The van der Waals surface area contributed by atoms with Gasteiger partial charge in [-0.25, -0.2) is 4.39 Å². The molecule has 0 spiro atoms. The Kier molecular flexibility index (Phi) is 5.64. The number of carbonyl (C=O) groups excluding carboxylic acids is 2. The number of hydrogen-bond donors (Lipinski definition) is 2. The van der Waals surface area contributed by atoms with Gasteiger partial charge in [-0.1, -0.05) is 30.3 Å². The van der Waals surface area contributed by atoms with Gasteiger partial charge in [0.15, 0.2) is 0 Å². The summed E-state index contributed by atoms with van der Waals surface area (Å²) in [7, 11) is 0. The number of anilines is 1. The van der Waals surface area contributed by atoms with Crippen LogP contribution in [0.15, 0.2) is 78.4 Å². The first kappa shape index (κ1) is 21.1. The van der Waals surface area contributed by atoms with Gasteiger partial charge in [0.05, 0.1) is 18.2 Å². The van der Waals surface area contributed by atoms with E-state index in [1.54, 1.807) is 36.4 Å². The Morgan fingerprint density at radius 3 is 2.44 bits per heavy atom. The van der Waals surface area contributed by atoms with Crippen molar-refractivity contribution in [2.45, 2.75) is 13.0 Å². The van der Waals surface area contributed by atoms with Gasteiger partial charge in [-0.15, -0.1) is 0 Å². The predicted molar refractivity (Wildman–Crippen MR) is 117 cm³/mol. The number of rotatable bonds is 5. The molecule has 0 bridgehead atoms. The summed E-state index contributed by atoms with van der Waals surface area (Å²) < 4.78 is 19.4. The number of benzene rings is 3. The zero-order valence-corrected chi connectivity index (χ0v) is 17.2. The summed E-state index contributed by atoms with van der Waals surface area (Å²) in [5.74, 6) is -2.24. The van der Waals surface area contributed by atoms with E-state index in [1.165, 1.54) is 30.3 Å². The van der Waals surface area contributed by atoms with Gasteiger partial charge in [0, 0.05) is 11.3 Å². The number of carbonyl (C=O) groups is 2. The number of ketones is 1. The third-order valence-corrected chi connectivity index (χ3v) is 5.16. The van der Waals surface area contributed by atoms with Crippen LogP contribution in [0, 0.1) is 5.82 Å². The van der Waals surface area contributed by atoms with Crippen LogP contribution in [-0.4, -0.2) is 28.5 Å². The number of Topliss-reactive ketones (excluding diaryl/α,β-unsaturated/α-hetero) is 1. The predicted octanol–water partition coefficient (Wildman–Crippen LogP) is 4.56. The molecule has 0 saturated carbocycles. The number of nitrogens with zero attached hydrogens (tertiary/aromatic N) is 1. The molecule has 1 unspecified atom stereocenters. The maximum Gasteiger partial charge on any atom is 0.300 e. The second kappa shape index (κ2) is 8.55. The van der Waals surface area contributed by atoms with Gasteiger partial charge in [0.2, 0.25) is 0 Å². The summed E-state index contributed by atoms with van der Waals surface area (Å²) >= 11 is 0. The van der Waals surface area contributed by atoms with Crippen molar-refractivity contribution < 1.29 is 28.9 Å². The number of ether oxygens (including phenoxy) is 1. The van der Waals surface area contributed by atoms with Crippen LogP contribution in [0.5, 0.6) is 11.5 Å². The molecular weight excluding hydrogens is 413 g/mol. The first-order valence-electron chi connectivity index (χ1n) is 9.99. The molecule has 0 aromatic heterocycles. The second-order valence-electron chi connectivity index (χ2n) is 7.20. The van der Waals surface area contributed by atoms with E-state index < -0.39 is 23.5 Å². The molecule has 1 heterocycles. The summed E-state index contributed by atoms with van der Waals surface area (Å²) in [6.07, 6.45) is 0. The highest BCUT2D eigenvalue weighted by Crippen LogP contribution is 2.42. The highest BCUT2D eigenvalue weighted by Gasteiger charge is 2.47. The van der Waals surface area contributed by atoms with Gasteiger partial charge >= 0.3 is 0 Å². The van der Waals surface area contributed by atoms with Crippen LogP contribution in [-0.2, 0) is 9.59 Å². The number of halogens is 1. The minimum Gasteiger partial charge on any atom is -0.508 e. The molecule has 2 N–H and O–H groups in total. The van der Waals surface area contributed by atoms with Gasteiger partial charge in [0.1, 0.15) is 23.1 Å². The quantitative estimate of drug-likeness (QED) is 0.350. The Hall–Kier alpha value is -4.13. The first-order valence-corrected chi connectivity index (χ1v) is 9.99. The Balaban J connectivity index is 1.92. The lowest BCUT2D eigenvalue weighted by atomic mass is 9.95. The molecule has 1 aliphatic heterocycles. The van der Waals surface area contributed by atoms with Gasteiger partial charge in [0.25, 0.3) is 11.7 Å². The van der Waals surface area contributed by atoms with Crippen LogP contribution in [0.25, 0.3) is 5.76 Å². The van der Waals surface area contributed by atoms with Crippen LogP contribution in [0.3, 0.4) is 0 Å². The van der Waals surface area contributed by atoms with E-state index >= 15 is 0 Å². The van der Waals surface area contributed by atoms with Crippen molar-refractivity contribution in [2.24, 2.45) is 0 Å². The molecule has 1 fully saturated rings. The molecule has 0 aliphatic carbocycles. The summed E-state index contributed by atoms with van der Waals surface area (Å²) in [5.41, 5.74) is 0.802. The minimum absolute atomic E-state index is 0.000808. The Morgan fingerprint density at radius 1 is 1.03 bits per heavy atom. The number of phenols is 1. The smallest absolute Gasteiger partial charge is 0.300 e. The molecule has 3 aromatic rings. The zero-order chi connectivity index (χ0) is 22.8. The molecule has 6 nitrogen and oxygen atoms in total. The van der Waals surface area contributed by atoms with E-state index in [2.05, 4.69) is 0 Å². The summed E-state index contributed by atoms with van der Waals surface area (Å²) in [4.78, 5) is 27.2. The molecule has 162 valence electrons. The average Bonchev–Trinajstić information content (AvgIpc) is 3.05. The second-order valence-corrected chi connectivity index (χ2v) is 7.20. The summed E-state index contributed by atoms with van der Waals surface area (Å²) in [6.45, 7) is 2.24. The van der Waals surface area contributed by atoms with Gasteiger partial charge in [-0.05, 0) is 55.0 Å². The number of aliphatic hydroxyl groups excluding tert-OH is 1. The number of aromatic hydroxyl groups is 1. The van der Waals surface area contributed by atoms with Crippen LogP contribution in [0.4, 0.5) is 10.1 Å². The van der Waals surface area contributed by atoms with Crippen molar-refractivity contribution in [1.82, 2.24) is 0 Å². The maximum absolute atomic E-state index is 13.9. The molecule has 4 rings (SSSR count). The van der Waals surface area contributed by atoms with E-state index in [0.29, 0.717) is 23.5 Å². The average molecular weight is 433 g/mol. The fourth-order valence-corrected chi connectivity index (χ4v) is 3.75. The molecule has 0 radical (unpaired) electrons. The van der Waals surface area contributed by atoms with E-state index in [0.717, 1.165) is 11.0 Å². The summed E-state index contributed by atoms with van der Waals surface area (Å²) in [6, 6.07) is 16.8. The third-order valence-electron chi connectivity index (χ3n) is 5.16. The van der Waals surface area contributed by atoms with E-state index in [1.807, 2.05) is 6.92 Å². The zero-order valence-electron chi connectivity index (χ0n) is 17.2. The van der Waals surface area contributed by atoms with Crippen molar-refractivity contribution >= 4 is 23.1 Å². The van der Waals surface area contributed by atoms with Crippen molar-refractivity contribution in [1.29, 1.82) is 0 Å². The number of phenolic OH excluding ortho intramolecular Hbond substituents is 1. The van der Waals surface area contributed by atoms with Crippen LogP contribution < -0.4 is 9.64 Å². The Morgan fingerprint density at radius 2 is 1.75 bits per heavy atom. The lowest BCUT2D eigenvalue weighted by molar-refractivity contribution is -0.132. The molecule has 1 amide bonds. The maximum atomic E-state index is 13.9. The fraction of sp³-hybridized carbons (Fsp3) is 0.120. The third kappa shape index (κ3) is 3.80. The molecule has 1 atom stereocenters. The standard InChI is InChI=1S/C25H20FNO5/c1-2-32-20-8-3-5-16(13-20)23(29)21-22(15-9-11-19(28)12-10-15)27(25(31)24(21)30)18-7-4-6-17(26)14-18/h3-14,22,28-29H,2H2,1H3/b23-21+. The van der Waals surface area contributed by atoms with Crippen molar-refractivity contribution in [2.75, 3.05) is 11.5 Å². The topological polar surface area (TPSA) is 87.1 Å². The largest absolute Gasteiger partial charge is 0.508 e. The lowest BCUT2D eigenvalue weighted by Gasteiger charge is -2.25. The number of amides is 1. The van der Waals surface area contributed by atoms with E-state index in [9.17, 15) is 24.2 Å². The number of hydrogen-bond acceptors (Lipinski definition) is 5. The highest BCUT2D eigenvalue weighted by atomic mass is 19.1. The van der Waals surface area contributed by atoms with Crippen LogP contribution in [0.1, 0.15) is 24.1 Å². The summed E-state index contributed by atoms with van der Waals surface area (Å²) in [5, 5.41) is 20.8. The number of aliphatic hydroxyl groups is 1. The Bertz CT molecular complexity index is 1220. The van der Waals surface area contributed by atoms with Gasteiger partial charge in [-0.3, -0.25) is 14.5 Å². The SMILES string of the molecule is CCOc1cccc(/C(O)=C2\C(=O)C(=O)N(c3cccc(F)c3)C2c2ccc(O)cc2)c1. The molecule has 32 heavy (non-hydrogen) atoms. The van der Waals surface area contributed by atoms with Gasteiger partial charge in [-0.2, -0.15) is 0 Å². The molecule has 1 saturated heterocycles. The fourth-order valence-electron chi connectivity index (χ4n) is 3.75. The van der Waals surface area contributed by atoms with E-state index in [4.69, 9.17) is 4.74 Å². The van der Waals surface area contributed by atoms with Crippen molar-refractivity contribution in [3.8, 4) is 11.5 Å².